The monoisotopic (exact) mass is 330 g/mol. The summed E-state index contributed by atoms with van der Waals surface area (Å²) in [5, 5.41) is 5.57. The zero-order valence-corrected chi connectivity index (χ0v) is 14.8. The molecule has 0 aromatic rings. The first-order valence-corrected chi connectivity index (χ1v) is 9.31. The molecule has 0 bridgehead atoms. The van der Waals surface area contributed by atoms with E-state index in [1.807, 2.05) is 6.26 Å². The number of thioether (sulfide) groups is 1. The molecule has 1 fully saturated rings. The lowest BCUT2D eigenvalue weighted by Gasteiger charge is -2.43. The van der Waals surface area contributed by atoms with E-state index in [4.69, 9.17) is 5.73 Å². The van der Waals surface area contributed by atoms with E-state index in [0.29, 0.717) is 13.0 Å². The molecular formula is C15H30N4O2S. The van der Waals surface area contributed by atoms with Crippen molar-refractivity contribution in [3.8, 4) is 0 Å². The Morgan fingerprint density at radius 3 is 2.41 bits per heavy atom. The van der Waals surface area contributed by atoms with Gasteiger partial charge in [-0.15, -0.1) is 0 Å². The van der Waals surface area contributed by atoms with E-state index in [2.05, 4.69) is 29.6 Å². The van der Waals surface area contributed by atoms with Crippen LogP contribution in [0.2, 0.25) is 0 Å². The van der Waals surface area contributed by atoms with Gasteiger partial charge in [0.2, 0.25) is 5.91 Å². The summed E-state index contributed by atoms with van der Waals surface area (Å²) in [5.74, 6) is 0.664. The van der Waals surface area contributed by atoms with Crippen molar-refractivity contribution in [2.24, 2.45) is 5.73 Å². The SMILES string of the molecule is CSCC[C@@H](NC(N)=O)C(=O)NCC1(N(C)C)CCCCC1. The average molecular weight is 330 g/mol. The van der Waals surface area contributed by atoms with Crippen LogP contribution >= 0.6 is 11.8 Å². The molecule has 0 spiro atoms. The van der Waals surface area contributed by atoms with Crippen molar-refractivity contribution in [2.75, 3.05) is 32.6 Å². The molecule has 0 saturated heterocycles. The van der Waals surface area contributed by atoms with Crippen LogP contribution in [0.3, 0.4) is 0 Å². The largest absolute Gasteiger partial charge is 0.352 e. The molecule has 22 heavy (non-hydrogen) atoms. The average Bonchev–Trinajstić information content (AvgIpc) is 2.49. The van der Waals surface area contributed by atoms with Gasteiger partial charge in [-0.1, -0.05) is 19.3 Å². The molecule has 1 aliphatic carbocycles. The first-order valence-electron chi connectivity index (χ1n) is 7.91. The van der Waals surface area contributed by atoms with E-state index in [1.54, 1.807) is 11.8 Å². The van der Waals surface area contributed by atoms with Crippen LogP contribution in [0, 0.1) is 0 Å². The number of nitrogens with two attached hydrogens (primary N) is 1. The molecule has 128 valence electrons. The Hall–Kier alpha value is -0.950. The third-order valence-corrected chi connectivity index (χ3v) is 5.21. The number of likely N-dealkylation sites (N-methyl/N-ethyl adjacent to an activating group) is 1. The third-order valence-electron chi connectivity index (χ3n) is 4.57. The molecule has 1 rings (SSSR count). The number of hydrogen-bond acceptors (Lipinski definition) is 4. The van der Waals surface area contributed by atoms with Crippen molar-refractivity contribution in [3.05, 3.63) is 0 Å². The fourth-order valence-electron chi connectivity index (χ4n) is 3.04. The van der Waals surface area contributed by atoms with E-state index < -0.39 is 12.1 Å². The second-order valence-electron chi connectivity index (χ2n) is 6.24. The summed E-state index contributed by atoms with van der Waals surface area (Å²) in [4.78, 5) is 25.7. The highest BCUT2D eigenvalue weighted by atomic mass is 32.2. The van der Waals surface area contributed by atoms with Gasteiger partial charge in [0, 0.05) is 12.1 Å². The van der Waals surface area contributed by atoms with Gasteiger partial charge < -0.3 is 21.3 Å². The molecule has 7 heteroatoms. The Morgan fingerprint density at radius 2 is 1.91 bits per heavy atom. The van der Waals surface area contributed by atoms with Crippen LogP contribution in [0.1, 0.15) is 38.5 Å². The maximum absolute atomic E-state index is 12.4. The van der Waals surface area contributed by atoms with E-state index in [0.717, 1.165) is 18.6 Å². The Kier molecular flexibility index (Phi) is 8.03. The Labute approximate surface area is 137 Å². The molecule has 6 nitrogen and oxygen atoms in total. The minimum Gasteiger partial charge on any atom is -0.352 e. The molecule has 0 heterocycles. The number of nitrogens with one attached hydrogen (secondary N) is 2. The molecule has 1 atom stereocenters. The number of amides is 3. The number of carbonyl (C=O) groups excluding carboxylic acids is 2. The minimum atomic E-state index is -0.652. The maximum atomic E-state index is 12.4. The van der Waals surface area contributed by atoms with Gasteiger partial charge in [-0.25, -0.2) is 4.79 Å². The van der Waals surface area contributed by atoms with Gasteiger partial charge in [0.05, 0.1) is 0 Å². The lowest BCUT2D eigenvalue weighted by atomic mass is 9.80. The maximum Gasteiger partial charge on any atom is 0.312 e. The quantitative estimate of drug-likeness (QED) is 0.623. The van der Waals surface area contributed by atoms with Crippen LogP contribution in [-0.2, 0) is 4.79 Å². The molecule has 0 aliphatic heterocycles. The van der Waals surface area contributed by atoms with Gasteiger partial charge in [-0.05, 0) is 45.4 Å². The third kappa shape index (κ3) is 5.68. The lowest BCUT2D eigenvalue weighted by Crippen LogP contribution is -2.57. The van der Waals surface area contributed by atoms with Gasteiger partial charge in [-0.3, -0.25) is 4.79 Å². The molecular weight excluding hydrogens is 300 g/mol. The van der Waals surface area contributed by atoms with Gasteiger partial charge in [0.25, 0.3) is 0 Å². The number of primary amides is 1. The summed E-state index contributed by atoms with van der Waals surface area (Å²) < 4.78 is 0. The van der Waals surface area contributed by atoms with Crippen LogP contribution in [0.5, 0.6) is 0 Å². The highest BCUT2D eigenvalue weighted by Gasteiger charge is 2.35. The summed E-state index contributed by atoms with van der Waals surface area (Å²) in [5.41, 5.74) is 5.20. The molecule has 1 aliphatic rings. The number of carbonyl (C=O) groups is 2. The first kappa shape index (κ1) is 19.1. The molecule has 0 radical (unpaired) electrons. The first-order chi connectivity index (χ1) is 10.4. The Bertz CT molecular complexity index is 371. The minimum absolute atomic E-state index is 0.0324. The molecule has 0 unspecified atom stereocenters. The van der Waals surface area contributed by atoms with Crippen LogP contribution < -0.4 is 16.4 Å². The number of urea groups is 1. The van der Waals surface area contributed by atoms with Crippen LogP contribution in [0.4, 0.5) is 4.79 Å². The van der Waals surface area contributed by atoms with Crippen molar-refractivity contribution in [1.82, 2.24) is 15.5 Å². The number of nitrogens with zero attached hydrogens (tertiary/aromatic N) is 1. The summed E-state index contributed by atoms with van der Waals surface area (Å²) in [6.07, 6.45) is 8.42. The van der Waals surface area contributed by atoms with Gasteiger partial charge in [0.1, 0.15) is 6.04 Å². The number of hydrogen-bond donors (Lipinski definition) is 3. The van der Waals surface area contributed by atoms with Crippen LogP contribution in [0.25, 0.3) is 0 Å². The number of rotatable bonds is 8. The zero-order chi connectivity index (χ0) is 16.6. The van der Waals surface area contributed by atoms with Crippen LogP contribution in [-0.4, -0.2) is 61.1 Å². The summed E-state index contributed by atoms with van der Waals surface area (Å²) in [6, 6.07) is -1.20. The van der Waals surface area contributed by atoms with Crippen molar-refractivity contribution >= 4 is 23.7 Å². The highest BCUT2D eigenvalue weighted by Crippen LogP contribution is 2.31. The summed E-state index contributed by atoms with van der Waals surface area (Å²) >= 11 is 1.64. The van der Waals surface area contributed by atoms with Crippen molar-refractivity contribution < 1.29 is 9.59 Å². The summed E-state index contributed by atoms with van der Waals surface area (Å²) in [6.45, 7) is 0.620. The molecule has 4 N–H and O–H groups in total. The topological polar surface area (TPSA) is 87.5 Å². The normalized spacial score (nSPS) is 18.7. The standard InChI is InChI=1S/C15H30N4O2S/c1-19(2)15(8-5-4-6-9-15)11-17-13(20)12(7-10-22-3)18-14(16)21/h12H,4-11H2,1-3H3,(H,17,20)(H3,16,18,21)/t12-/m1/s1. The fourth-order valence-corrected chi connectivity index (χ4v) is 3.51. The second-order valence-corrected chi connectivity index (χ2v) is 7.23. The Balaban J connectivity index is 2.61. The molecule has 1 saturated carbocycles. The van der Waals surface area contributed by atoms with Gasteiger partial charge in [-0.2, -0.15) is 11.8 Å². The van der Waals surface area contributed by atoms with E-state index in [-0.39, 0.29) is 11.4 Å². The summed E-state index contributed by atoms with van der Waals surface area (Å²) in [7, 11) is 4.15. The molecule has 3 amide bonds. The van der Waals surface area contributed by atoms with Crippen molar-refractivity contribution in [3.63, 3.8) is 0 Å². The fraction of sp³-hybridized carbons (Fsp3) is 0.867. The van der Waals surface area contributed by atoms with E-state index in [1.165, 1.54) is 19.3 Å². The Morgan fingerprint density at radius 1 is 1.27 bits per heavy atom. The van der Waals surface area contributed by atoms with E-state index in [9.17, 15) is 9.59 Å². The zero-order valence-electron chi connectivity index (χ0n) is 14.0. The predicted molar refractivity (Wildman–Crippen MR) is 92.0 cm³/mol. The second kappa shape index (κ2) is 9.25. The predicted octanol–water partition coefficient (Wildman–Crippen LogP) is 1.16. The van der Waals surface area contributed by atoms with Gasteiger partial charge >= 0.3 is 6.03 Å². The van der Waals surface area contributed by atoms with Crippen LogP contribution in [0.15, 0.2) is 0 Å². The lowest BCUT2D eigenvalue weighted by molar-refractivity contribution is -0.123. The molecule has 0 aromatic carbocycles. The van der Waals surface area contributed by atoms with Crippen molar-refractivity contribution in [2.45, 2.75) is 50.1 Å². The smallest absolute Gasteiger partial charge is 0.312 e. The molecule has 0 aromatic heterocycles. The van der Waals surface area contributed by atoms with E-state index >= 15 is 0 Å². The highest BCUT2D eigenvalue weighted by molar-refractivity contribution is 7.98. The van der Waals surface area contributed by atoms with Gasteiger partial charge in [0.15, 0.2) is 0 Å². The van der Waals surface area contributed by atoms with Crippen molar-refractivity contribution in [1.29, 1.82) is 0 Å².